The first-order valence-electron chi connectivity index (χ1n) is 12.3. The number of carbonyl (C=O) groups is 3. The predicted octanol–water partition coefficient (Wildman–Crippen LogP) is 4.30. The van der Waals surface area contributed by atoms with Crippen molar-refractivity contribution < 1.29 is 41.8 Å². The minimum absolute atomic E-state index is 0.102. The van der Waals surface area contributed by atoms with Gasteiger partial charge in [0, 0.05) is 10.8 Å². The van der Waals surface area contributed by atoms with Gasteiger partial charge in [-0.05, 0) is 42.8 Å². The first-order valence-corrected chi connectivity index (χ1v) is 14.0. The van der Waals surface area contributed by atoms with Crippen molar-refractivity contribution in [2.75, 3.05) is 25.7 Å². The molecule has 3 atom stereocenters. The molecular formula is C27H23F3N2O7S2. The number of amides is 2. The van der Waals surface area contributed by atoms with Crippen LogP contribution in [0, 0.1) is 5.92 Å². The molecule has 0 N–H and O–H groups in total. The molecule has 2 aliphatic heterocycles. The van der Waals surface area contributed by atoms with Gasteiger partial charge in [0.2, 0.25) is 11.8 Å². The number of methoxy groups -OCH3 is 2. The smallest absolute Gasteiger partial charge is 0.416 e. The number of aromatic nitrogens is 1. The molecule has 0 bridgehead atoms. The minimum atomic E-state index is -4.68. The molecule has 0 radical (unpaired) electrons. The van der Waals surface area contributed by atoms with Gasteiger partial charge in [-0.2, -0.15) is 13.2 Å². The summed E-state index contributed by atoms with van der Waals surface area (Å²) in [6.07, 6.45) is -4.68. The Labute approximate surface area is 239 Å². The summed E-state index contributed by atoms with van der Waals surface area (Å²) in [5, 5.41) is -0.758. The van der Waals surface area contributed by atoms with Crippen molar-refractivity contribution in [3.05, 3.63) is 68.1 Å². The second-order valence-corrected chi connectivity index (χ2v) is 11.3. The largest absolute Gasteiger partial charge is 0.493 e. The summed E-state index contributed by atoms with van der Waals surface area (Å²) < 4.78 is 57.3. The number of thiazole rings is 1. The van der Waals surface area contributed by atoms with E-state index in [4.69, 9.17) is 14.2 Å². The van der Waals surface area contributed by atoms with Crippen LogP contribution < -0.4 is 19.2 Å². The topological polar surface area (TPSA) is 104 Å². The monoisotopic (exact) mass is 608 g/mol. The second-order valence-electron chi connectivity index (χ2n) is 9.14. The maximum atomic E-state index is 13.9. The fourth-order valence-electron chi connectivity index (χ4n) is 5.07. The van der Waals surface area contributed by atoms with E-state index in [0.29, 0.717) is 27.0 Å². The molecule has 5 rings (SSSR count). The van der Waals surface area contributed by atoms with Gasteiger partial charge in [0.15, 0.2) is 11.5 Å². The van der Waals surface area contributed by atoms with Gasteiger partial charge in [-0.1, -0.05) is 35.2 Å². The molecule has 216 valence electrons. The minimum Gasteiger partial charge on any atom is -0.493 e. The number of hydrogen-bond donors (Lipinski definition) is 0. The first-order chi connectivity index (χ1) is 19.5. The third-order valence-corrected chi connectivity index (χ3v) is 9.44. The Kier molecular flexibility index (Phi) is 7.64. The van der Waals surface area contributed by atoms with Gasteiger partial charge in [-0.25, -0.2) is 4.90 Å². The molecule has 1 fully saturated rings. The van der Waals surface area contributed by atoms with Crippen molar-refractivity contribution in [3.8, 4) is 11.5 Å². The number of benzene rings is 2. The van der Waals surface area contributed by atoms with E-state index in [2.05, 4.69) is 0 Å². The Bertz CT molecular complexity index is 1600. The Morgan fingerprint density at radius 3 is 2.39 bits per heavy atom. The predicted molar refractivity (Wildman–Crippen MR) is 144 cm³/mol. The number of imide groups is 1. The summed E-state index contributed by atoms with van der Waals surface area (Å²) in [6.45, 7) is 1.33. The SMILES string of the molecule is CCOC(=O)Cn1c2c(sc1=O)C(c1ccc(OC)c(OC)c1)C1C(=O)N(c3cccc(C(F)(F)F)c3)C(=O)C1S2. The third-order valence-electron chi connectivity index (χ3n) is 6.84. The highest BCUT2D eigenvalue weighted by Gasteiger charge is 2.57. The number of esters is 1. The molecule has 2 amide bonds. The zero-order valence-corrected chi connectivity index (χ0v) is 23.5. The number of carbonyl (C=O) groups excluding carboxylic acids is 3. The van der Waals surface area contributed by atoms with Gasteiger partial charge in [-0.3, -0.25) is 23.7 Å². The molecule has 2 aliphatic rings. The highest BCUT2D eigenvalue weighted by molar-refractivity contribution is 8.00. The van der Waals surface area contributed by atoms with Gasteiger partial charge >= 0.3 is 17.0 Å². The lowest BCUT2D eigenvalue weighted by Crippen LogP contribution is -2.32. The Hall–Kier alpha value is -3.78. The van der Waals surface area contributed by atoms with Crippen molar-refractivity contribution in [1.82, 2.24) is 4.57 Å². The summed E-state index contributed by atoms with van der Waals surface area (Å²) in [6, 6.07) is 8.94. The number of fused-ring (bicyclic) bond motifs is 2. The molecular weight excluding hydrogens is 585 g/mol. The summed E-state index contributed by atoms with van der Waals surface area (Å²) in [5.41, 5.74) is -0.684. The van der Waals surface area contributed by atoms with Gasteiger partial charge in [0.1, 0.15) is 11.8 Å². The number of anilines is 1. The van der Waals surface area contributed by atoms with E-state index in [1.54, 1.807) is 25.1 Å². The molecule has 3 unspecified atom stereocenters. The van der Waals surface area contributed by atoms with E-state index in [1.165, 1.54) is 24.9 Å². The zero-order valence-electron chi connectivity index (χ0n) is 21.9. The number of nitrogens with zero attached hydrogens (tertiary/aromatic N) is 2. The summed E-state index contributed by atoms with van der Waals surface area (Å²) in [7, 11) is 2.89. The van der Waals surface area contributed by atoms with Crippen LogP contribution in [0.15, 0.2) is 52.3 Å². The molecule has 0 spiro atoms. The third kappa shape index (κ3) is 4.99. The zero-order chi connectivity index (χ0) is 29.6. The van der Waals surface area contributed by atoms with E-state index in [-0.39, 0.29) is 12.3 Å². The molecule has 14 heteroatoms. The molecule has 41 heavy (non-hydrogen) atoms. The van der Waals surface area contributed by atoms with Crippen molar-refractivity contribution >= 4 is 46.6 Å². The highest BCUT2D eigenvalue weighted by Crippen LogP contribution is 2.54. The van der Waals surface area contributed by atoms with Crippen molar-refractivity contribution in [2.45, 2.75) is 35.8 Å². The van der Waals surface area contributed by atoms with Crippen LogP contribution in [0.3, 0.4) is 0 Å². The summed E-state index contributed by atoms with van der Waals surface area (Å²) >= 11 is 1.78. The fourth-order valence-corrected chi connectivity index (χ4v) is 7.85. The van der Waals surface area contributed by atoms with E-state index in [1.807, 2.05) is 0 Å². The van der Waals surface area contributed by atoms with E-state index < -0.39 is 58.0 Å². The van der Waals surface area contributed by atoms with Crippen LogP contribution >= 0.6 is 23.1 Å². The van der Waals surface area contributed by atoms with Gasteiger partial charge in [0.05, 0.1) is 43.0 Å². The quantitative estimate of drug-likeness (QED) is 0.289. The lowest BCUT2D eigenvalue weighted by molar-refractivity contribution is -0.144. The Morgan fingerprint density at radius 2 is 1.73 bits per heavy atom. The standard InChI is InChI=1S/C27H23F3N2O7S2/c1-4-39-18(33)12-31-25-22(41-26(31)36)19(13-8-9-16(37-2)17(10-13)38-3)20-21(40-25)24(35)32(23(20)34)15-7-5-6-14(11-15)27(28,29)30/h5-11,19-21H,4,12H2,1-3H3. The highest BCUT2D eigenvalue weighted by atomic mass is 32.2. The Morgan fingerprint density at radius 1 is 1.00 bits per heavy atom. The number of ether oxygens (including phenoxy) is 3. The molecule has 3 heterocycles. The van der Waals surface area contributed by atoms with Crippen LogP contribution in [-0.2, 0) is 31.8 Å². The van der Waals surface area contributed by atoms with Crippen LogP contribution in [0.25, 0.3) is 0 Å². The van der Waals surface area contributed by atoms with E-state index in [0.717, 1.165) is 46.2 Å². The van der Waals surface area contributed by atoms with Crippen molar-refractivity contribution in [2.24, 2.45) is 5.92 Å². The van der Waals surface area contributed by atoms with E-state index >= 15 is 0 Å². The molecule has 0 saturated carbocycles. The Balaban J connectivity index is 1.66. The average Bonchev–Trinajstić information content (AvgIpc) is 3.38. The molecule has 9 nitrogen and oxygen atoms in total. The summed E-state index contributed by atoms with van der Waals surface area (Å²) in [4.78, 5) is 53.8. The maximum absolute atomic E-state index is 13.9. The van der Waals surface area contributed by atoms with Gasteiger partial charge in [-0.15, -0.1) is 0 Å². The summed E-state index contributed by atoms with van der Waals surface area (Å²) in [5.74, 6) is -3.22. The van der Waals surface area contributed by atoms with Crippen molar-refractivity contribution in [3.63, 3.8) is 0 Å². The van der Waals surface area contributed by atoms with Crippen molar-refractivity contribution in [1.29, 1.82) is 0 Å². The molecule has 3 aromatic rings. The van der Waals surface area contributed by atoms with Crippen LogP contribution in [0.2, 0.25) is 0 Å². The van der Waals surface area contributed by atoms with Crippen LogP contribution in [-0.4, -0.2) is 48.4 Å². The molecule has 1 aromatic heterocycles. The first kappa shape index (κ1) is 28.7. The maximum Gasteiger partial charge on any atom is 0.416 e. The molecule has 1 saturated heterocycles. The van der Waals surface area contributed by atoms with Crippen LogP contribution in [0.1, 0.15) is 28.8 Å². The lowest BCUT2D eigenvalue weighted by atomic mass is 9.83. The number of halogens is 3. The molecule has 0 aliphatic carbocycles. The number of hydrogen-bond acceptors (Lipinski definition) is 9. The molecule has 2 aromatic carbocycles. The number of thioether (sulfide) groups is 1. The van der Waals surface area contributed by atoms with Gasteiger partial charge in [0.25, 0.3) is 0 Å². The van der Waals surface area contributed by atoms with Crippen LogP contribution in [0.4, 0.5) is 18.9 Å². The number of rotatable bonds is 7. The number of alkyl halides is 3. The second kappa shape index (κ2) is 10.9. The normalized spacial score (nSPS) is 20.0. The fraction of sp³-hybridized carbons (Fsp3) is 0.333. The van der Waals surface area contributed by atoms with E-state index in [9.17, 15) is 32.3 Å². The lowest BCUT2D eigenvalue weighted by Gasteiger charge is -2.31. The average molecular weight is 609 g/mol. The van der Waals surface area contributed by atoms with Gasteiger partial charge < -0.3 is 14.2 Å². The van der Waals surface area contributed by atoms with Crippen LogP contribution in [0.5, 0.6) is 11.5 Å².